The van der Waals surface area contributed by atoms with Gasteiger partial charge >= 0.3 is 0 Å². The Morgan fingerprint density at radius 2 is 2.23 bits per heavy atom. The van der Waals surface area contributed by atoms with Crippen molar-refractivity contribution in [2.24, 2.45) is 0 Å². The number of carbonyl (C=O) groups is 1. The molecule has 0 bridgehead atoms. The van der Waals surface area contributed by atoms with Crippen molar-refractivity contribution in [1.29, 1.82) is 0 Å². The van der Waals surface area contributed by atoms with Gasteiger partial charge in [0.1, 0.15) is 4.88 Å². The van der Waals surface area contributed by atoms with Crippen LogP contribution in [0, 0.1) is 6.92 Å². The number of hydrogen-bond acceptors (Lipinski definition) is 6. The van der Waals surface area contributed by atoms with E-state index in [9.17, 15) is 9.90 Å². The van der Waals surface area contributed by atoms with Crippen LogP contribution in [-0.2, 0) is 4.74 Å². The molecule has 7 heteroatoms. The monoisotopic (exact) mass is 325 g/mol. The third-order valence-electron chi connectivity index (χ3n) is 4.72. The fraction of sp³-hybridized carbons (Fsp3) is 0.733. The number of carbonyl (C=O) groups excluding carboxylic acids is 1. The van der Waals surface area contributed by atoms with E-state index >= 15 is 0 Å². The molecule has 3 heterocycles. The first-order valence-corrected chi connectivity index (χ1v) is 8.64. The number of rotatable bonds is 2. The summed E-state index contributed by atoms with van der Waals surface area (Å²) in [5, 5.41) is 14.0. The second-order valence-corrected chi connectivity index (χ2v) is 7.05. The van der Waals surface area contributed by atoms with Crippen LogP contribution in [0.3, 0.4) is 0 Å². The number of aliphatic hydroxyl groups excluding tert-OH is 1. The molecule has 1 atom stereocenters. The first-order chi connectivity index (χ1) is 10.6. The second-order valence-electron chi connectivity index (χ2n) is 6.05. The van der Waals surface area contributed by atoms with Gasteiger partial charge in [0.2, 0.25) is 0 Å². The molecule has 6 nitrogen and oxygen atoms in total. The number of piperidine rings is 1. The molecule has 2 saturated heterocycles. The van der Waals surface area contributed by atoms with Crippen LogP contribution in [0.5, 0.6) is 0 Å². The van der Waals surface area contributed by atoms with Crippen LogP contribution >= 0.6 is 11.3 Å². The molecule has 3 rings (SSSR count). The standard InChI is InChI=1S/C15H23N3O3S/c1-10-12(22-14(16-2)17-10)13(20)18-7-5-15(6-8-18)11(19)4-3-9-21-15/h11,19H,3-9H2,1-2H3,(H,16,17)/t11-/m0/s1. The predicted octanol–water partition coefficient (Wildman–Crippen LogP) is 1.64. The molecule has 22 heavy (non-hydrogen) atoms. The number of hydrogen-bond donors (Lipinski definition) is 2. The number of nitrogens with zero attached hydrogens (tertiary/aromatic N) is 2. The van der Waals surface area contributed by atoms with Gasteiger partial charge in [0.05, 0.1) is 17.4 Å². The molecule has 122 valence electrons. The second kappa shape index (κ2) is 6.14. The zero-order chi connectivity index (χ0) is 15.7. The summed E-state index contributed by atoms with van der Waals surface area (Å²) in [5.74, 6) is 0.0386. The van der Waals surface area contributed by atoms with Crippen LogP contribution in [-0.4, -0.2) is 59.3 Å². The summed E-state index contributed by atoms with van der Waals surface area (Å²) in [6.07, 6.45) is 2.72. The van der Waals surface area contributed by atoms with E-state index in [1.54, 1.807) is 7.05 Å². The maximum atomic E-state index is 12.7. The van der Waals surface area contributed by atoms with E-state index in [1.165, 1.54) is 11.3 Å². The molecule has 2 N–H and O–H groups in total. The van der Waals surface area contributed by atoms with Crippen molar-refractivity contribution in [3.8, 4) is 0 Å². The molecule has 2 aliphatic heterocycles. The molecule has 1 aromatic heterocycles. The lowest BCUT2D eigenvalue weighted by atomic mass is 9.82. The molecule has 0 aliphatic carbocycles. The highest BCUT2D eigenvalue weighted by molar-refractivity contribution is 7.17. The molecule has 2 fully saturated rings. The average molecular weight is 325 g/mol. The smallest absolute Gasteiger partial charge is 0.265 e. The lowest BCUT2D eigenvalue weighted by Crippen LogP contribution is -2.56. The van der Waals surface area contributed by atoms with E-state index in [4.69, 9.17) is 4.74 Å². The Morgan fingerprint density at radius 1 is 1.50 bits per heavy atom. The molecule has 1 aromatic rings. The molecule has 0 aromatic carbocycles. The van der Waals surface area contributed by atoms with E-state index in [0.717, 1.165) is 23.7 Å². The minimum absolute atomic E-state index is 0.0386. The average Bonchev–Trinajstić information content (AvgIpc) is 2.91. The van der Waals surface area contributed by atoms with Gasteiger partial charge in [-0.2, -0.15) is 0 Å². The molecule has 0 unspecified atom stereocenters. The number of amides is 1. The number of nitrogens with one attached hydrogen (secondary N) is 1. The Labute approximate surface area is 134 Å². The molecular formula is C15H23N3O3S. The molecule has 0 saturated carbocycles. The van der Waals surface area contributed by atoms with Gasteiger partial charge in [-0.25, -0.2) is 4.98 Å². The fourth-order valence-electron chi connectivity index (χ4n) is 3.32. The fourth-order valence-corrected chi connectivity index (χ4v) is 4.21. The summed E-state index contributed by atoms with van der Waals surface area (Å²) >= 11 is 1.39. The van der Waals surface area contributed by atoms with Crippen molar-refractivity contribution in [3.05, 3.63) is 10.6 Å². The minimum atomic E-state index is -0.437. The number of thiazole rings is 1. The third-order valence-corrected chi connectivity index (χ3v) is 5.88. The summed E-state index contributed by atoms with van der Waals surface area (Å²) in [6.45, 7) is 3.83. The van der Waals surface area contributed by atoms with Gasteiger partial charge in [-0.15, -0.1) is 0 Å². The molecule has 2 aliphatic rings. The zero-order valence-corrected chi connectivity index (χ0v) is 13.9. The van der Waals surface area contributed by atoms with Crippen molar-refractivity contribution in [2.75, 3.05) is 32.1 Å². The Balaban J connectivity index is 1.68. The highest BCUT2D eigenvalue weighted by Gasteiger charge is 2.44. The Hall–Kier alpha value is -1.18. The summed E-state index contributed by atoms with van der Waals surface area (Å²) in [5.41, 5.74) is 0.335. The minimum Gasteiger partial charge on any atom is -0.390 e. The highest BCUT2D eigenvalue weighted by Crippen LogP contribution is 2.36. The number of anilines is 1. The molecule has 1 amide bonds. The van der Waals surface area contributed by atoms with Gasteiger partial charge in [0, 0.05) is 26.7 Å². The number of aryl methyl sites for hydroxylation is 1. The summed E-state index contributed by atoms with van der Waals surface area (Å²) in [4.78, 5) is 19.6. The van der Waals surface area contributed by atoms with Crippen molar-refractivity contribution in [2.45, 2.75) is 44.3 Å². The van der Waals surface area contributed by atoms with Crippen LogP contribution in [0.15, 0.2) is 0 Å². The van der Waals surface area contributed by atoms with Crippen molar-refractivity contribution in [3.63, 3.8) is 0 Å². The number of aliphatic hydroxyl groups is 1. The van der Waals surface area contributed by atoms with Crippen LogP contribution in [0.4, 0.5) is 5.13 Å². The van der Waals surface area contributed by atoms with Gasteiger partial charge in [-0.3, -0.25) is 4.79 Å². The van der Waals surface area contributed by atoms with Crippen molar-refractivity contribution in [1.82, 2.24) is 9.88 Å². The van der Waals surface area contributed by atoms with Crippen LogP contribution < -0.4 is 5.32 Å². The zero-order valence-electron chi connectivity index (χ0n) is 13.1. The van der Waals surface area contributed by atoms with Crippen LogP contribution in [0.25, 0.3) is 0 Å². The molecular weight excluding hydrogens is 302 g/mol. The van der Waals surface area contributed by atoms with Gasteiger partial charge < -0.3 is 20.1 Å². The highest BCUT2D eigenvalue weighted by atomic mass is 32.1. The molecule has 0 radical (unpaired) electrons. The first kappa shape index (κ1) is 15.7. The summed E-state index contributed by atoms with van der Waals surface area (Å²) < 4.78 is 5.89. The maximum absolute atomic E-state index is 12.7. The predicted molar refractivity (Wildman–Crippen MR) is 85.5 cm³/mol. The van der Waals surface area contributed by atoms with E-state index in [2.05, 4.69) is 10.3 Å². The van der Waals surface area contributed by atoms with Gasteiger partial charge in [0.15, 0.2) is 5.13 Å². The number of aromatic nitrogens is 1. The summed E-state index contributed by atoms with van der Waals surface area (Å²) in [6, 6.07) is 0. The van der Waals surface area contributed by atoms with Gasteiger partial charge in [0.25, 0.3) is 5.91 Å². The van der Waals surface area contributed by atoms with Crippen LogP contribution in [0.2, 0.25) is 0 Å². The van der Waals surface area contributed by atoms with Gasteiger partial charge in [-0.1, -0.05) is 11.3 Å². The van der Waals surface area contributed by atoms with Crippen molar-refractivity contribution >= 4 is 22.4 Å². The SMILES string of the molecule is CNc1nc(C)c(C(=O)N2CCC3(CC2)OCCC[C@@H]3O)s1. The Kier molecular flexibility index (Phi) is 4.38. The largest absolute Gasteiger partial charge is 0.390 e. The normalized spacial score (nSPS) is 24.5. The quantitative estimate of drug-likeness (QED) is 0.865. The first-order valence-electron chi connectivity index (χ1n) is 7.82. The van der Waals surface area contributed by atoms with E-state index in [1.807, 2.05) is 11.8 Å². The third kappa shape index (κ3) is 2.73. The lowest BCUT2D eigenvalue weighted by Gasteiger charge is -2.46. The number of likely N-dealkylation sites (tertiary alicyclic amines) is 1. The Bertz CT molecular complexity index is 552. The number of ether oxygens (including phenoxy) is 1. The van der Waals surface area contributed by atoms with Crippen molar-refractivity contribution < 1.29 is 14.6 Å². The topological polar surface area (TPSA) is 74.7 Å². The van der Waals surface area contributed by atoms with E-state index < -0.39 is 11.7 Å². The van der Waals surface area contributed by atoms with E-state index in [0.29, 0.717) is 37.4 Å². The van der Waals surface area contributed by atoms with E-state index in [-0.39, 0.29) is 5.91 Å². The van der Waals surface area contributed by atoms with Crippen LogP contribution in [0.1, 0.15) is 41.0 Å². The Morgan fingerprint density at radius 3 is 2.82 bits per heavy atom. The lowest BCUT2D eigenvalue weighted by molar-refractivity contribution is -0.174. The maximum Gasteiger partial charge on any atom is 0.265 e. The molecule has 1 spiro atoms. The summed E-state index contributed by atoms with van der Waals surface area (Å²) in [7, 11) is 1.80. The van der Waals surface area contributed by atoms with Gasteiger partial charge in [-0.05, 0) is 32.6 Å².